The summed E-state index contributed by atoms with van der Waals surface area (Å²) in [5.74, 6) is -0.866. The zero-order valence-corrected chi connectivity index (χ0v) is 16.4. The summed E-state index contributed by atoms with van der Waals surface area (Å²) in [7, 11) is -3.89. The lowest BCUT2D eigenvalue weighted by Gasteiger charge is -2.14. The summed E-state index contributed by atoms with van der Waals surface area (Å²) in [6.07, 6.45) is 1.79. The van der Waals surface area contributed by atoms with Crippen molar-refractivity contribution in [3.05, 3.63) is 69.8 Å². The van der Waals surface area contributed by atoms with Gasteiger partial charge in [-0.25, -0.2) is 8.42 Å². The first kappa shape index (κ1) is 20.7. The van der Waals surface area contributed by atoms with Crippen LogP contribution in [0, 0.1) is 10.1 Å². The van der Waals surface area contributed by atoms with E-state index >= 15 is 0 Å². The summed E-state index contributed by atoms with van der Waals surface area (Å²) in [4.78, 5) is 22.8. The predicted octanol–water partition coefficient (Wildman–Crippen LogP) is 2.45. The van der Waals surface area contributed by atoms with Crippen molar-refractivity contribution < 1.29 is 22.9 Å². The number of amides is 1. The first-order valence-corrected chi connectivity index (χ1v) is 10.7. The second kappa shape index (κ2) is 9.01. The molecular weight excluding hydrogens is 398 g/mol. The highest BCUT2D eigenvalue weighted by molar-refractivity contribution is 7.91. The van der Waals surface area contributed by atoms with Crippen LogP contribution in [0.25, 0.3) is 0 Å². The van der Waals surface area contributed by atoms with Gasteiger partial charge in [0.05, 0.1) is 28.0 Å². The molecular formula is C19H21N3O6S. The number of ether oxygens (including phenoxy) is 1. The van der Waals surface area contributed by atoms with Crippen LogP contribution in [0.5, 0.6) is 0 Å². The molecule has 0 aliphatic carbocycles. The van der Waals surface area contributed by atoms with E-state index in [9.17, 15) is 23.3 Å². The number of nitrogens with zero attached hydrogens (tertiary/aromatic N) is 1. The fraction of sp³-hybridized carbons (Fsp3) is 0.316. The van der Waals surface area contributed by atoms with Gasteiger partial charge >= 0.3 is 0 Å². The van der Waals surface area contributed by atoms with E-state index in [2.05, 4.69) is 10.0 Å². The highest BCUT2D eigenvalue weighted by Crippen LogP contribution is 2.20. The van der Waals surface area contributed by atoms with Crippen LogP contribution in [-0.4, -0.2) is 38.5 Å². The molecule has 1 saturated heterocycles. The number of hydrogen-bond donors (Lipinski definition) is 2. The van der Waals surface area contributed by atoms with E-state index in [1.54, 1.807) is 12.1 Å². The standard InChI is InChI=1S/C19H21N3O6S/c23-19(20-12-16-7-4-10-28-16)17-8-1-2-9-18(17)21-29(26,27)13-14-5-3-6-15(11-14)22(24)25/h1-3,5-6,8-9,11,16,21H,4,7,10,12-13H2,(H,20,23)/t16-/m1/s1. The average molecular weight is 419 g/mol. The van der Waals surface area contributed by atoms with Crippen LogP contribution < -0.4 is 10.0 Å². The summed E-state index contributed by atoms with van der Waals surface area (Å²) in [5.41, 5.74) is 0.412. The fourth-order valence-corrected chi connectivity index (χ4v) is 4.26. The topological polar surface area (TPSA) is 128 Å². The Hall–Kier alpha value is -2.98. The maximum Gasteiger partial charge on any atom is 0.269 e. The predicted molar refractivity (Wildman–Crippen MR) is 107 cm³/mol. The van der Waals surface area contributed by atoms with Crippen molar-refractivity contribution in [2.24, 2.45) is 0 Å². The first-order valence-electron chi connectivity index (χ1n) is 9.07. The second-order valence-corrected chi connectivity index (χ2v) is 8.40. The van der Waals surface area contributed by atoms with Crippen molar-refractivity contribution in [3.63, 3.8) is 0 Å². The zero-order valence-electron chi connectivity index (χ0n) is 15.5. The van der Waals surface area contributed by atoms with Gasteiger partial charge in [-0.15, -0.1) is 0 Å². The Labute approximate surface area is 168 Å². The third-order valence-corrected chi connectivity index (χ3v) is 5.67. The molecule has 1 fully saturated rings. The minimum atomic E-state index is -3.89. The molecule has 0 unspecified atom stereocenters. The summed E-state index contributed by atoms with van der Waals surface area (Å²) < 4.78 is 33.0. The fourth-order valence-electron chi connectivity index (χ4n) is 3.06. The third kappa shape index (κ3) is 5.75. The normalized spacial score (nSPS) is 16.3. The second-order valence-electron chi connectivity index (χ2n) is 6.68. The van der Waals surface area contributed by atoms with Gasteiger partial charge < -0.3 is 10.1 Å². The monoisotopic (exact) mass is 419 g/mol. The minimum absolute atomic E-state index is 0.0309. The van der Waals surface area contributed by atoms with Crippen molar-refractivity contribution in [3.8, 4) is 0 Å². The SMILES string of the molecule is O=C(NC[C@H]1CCCO1)c1ccccc1NS(=O)(=O)Cc1cccc([N+](=O)[O-])c1. The van der Waals surface area contributed by atoms with Gasteiger partial charge in [-0.05, 0) is 30.5 Å². The van der Waals surface area contributed by atoms with Gasteiger partial charge in [0.1, 0.15) is 0 Å². The third-order valence-electron chi connectivity index (χ3n) is 4.43. The maximum absolute atomic E-state index is 12.6. The molecule has 0 radical (unpaired) electrons. The Morgan fingerprint density at radius 1 is 1.21 bits per heavy atom. The minimum Gasteiger partial charge on any atom is -0.376 e. The molecule has 0 spiro atoms. The van der Waals surface area contributed by atoms with Crippen molar-refractivity contribution in [1.29, 1.82) is 0 Å². The smallest absolute Gasteiger partial charge is 0.269 e. The lowest BCUT2D eigenvalue weighted by atomic mass is 10.1. The molecule has 1 heterocycles. The van der Waals surface area contributed by atoms with E-state index in [-0.39, 0.29) is 28.6 Å². The highest BCUT2D eigenvalue weighted by atomic mass is 32.2. The summed E-state index contributed by atoms with van der Waals surface area (Å²) >= 11 is 0. The van der Waals surface area contributed by atoms with Gasteiger partial charge in [0.15, 0.2) is 0 Å². The lowest BCUT2D eigenvalue weighted by molar-refractivity contribution is -0.384. The molecule has 154 valence electrons. The van der Waals surface area contributed by atoms with Crippen LogP contribution in [-0.2, 0) is 20.5 Å². The van der Waals surface area contributed by atoms with Crippen LogP contribution in [0.4, 0.5) is 11.4 Å². The van der Waals surface area contributed by atoms with Crippen LogP contribution >= 0.6 is 0 Å². The molecule has 2 N–H and O–H groups in total. The molecule has 1 aliphatic heterocycles. The van der Waals surface area contributed by atoms with E-state index < -0.39 is 26.6 Å². The number of nitro benzene ring substituents is 1. The van der Waals surface area contributed by atoms with Crippen LogP contribution in [0.2, 0.25) is 0 Å². The zero-order chi connectivity index (χ0) is 20.9. The number of non-ortho nitro benzene ring substituents is 1. The molecule has 0 bridgehead atoms. The summed E-state index contributed by atoms with van der Waals surface area (Å²) in [6, 6.07) is 11.7. The maximum atomic E-state index is 12.6. The molecule has 9 nitrogen and oxygen atoms in total. The van der Waals surface area contributed by atoms with Gasteiger partial charge in [0.25, 0.3) is 11.6 Å². The molecule has 2 aromatic carbocycles. The van der Waals surface area contributed by atoms with Gasteiger partial charge in [-0.3, -0.25) is 19.6 Å². The Bertz CT molecular complexity index is 1000. The lowest BCUT2D eigenvalue weighted by Crippen LogP contribution is -2.32. The highest BCUT2D eigenvalue weighted by Gasteiger charge is 2.20. The summed E-state index contributed by atoms with van der Waals surface area (Å²) in [5, 5.41) is 13.6. The molecule has 0 saturated carbocycles. The van der Waals surface area contributed by atoms with E-state index in [1.807, 2.05) is 0 Å². The van der Waals surface area contributed by atoms with Gasteiger partial charge in [-0.1, -0.05) is 24.3 Å². The number of benzene rings is 2. The first-order chi connectivity index (χ1) is 13.8. The van der Waals surface area contributed by atoms with Crippen LogP contribution in [0.15, 0.2) is 48.5 Å². The van der Waals surface area contributed by atoms with Crippen LogP contribution in [0.1, 0.15) is 28.8 Å². The number of sulfonamides is 1. The molecule has 3 rings (SSSR count). The number of nitrogens with one attached hydrogen (secondary N) is 2. The molecule has 0 aromatic heterocycles. The molecule has 10 heteroatoms. The molecule has 1 aliphatic rings. The number of carbonyl (C=O) groups is 1. The van der Waals surface area contributed by atoms with Crippen molar-refractivity contribution in [2.75, 3.05) is 17.9 Å². The van der Waals surface area contributed by atoms with Crippen molar-refractivity contribution in [1.82, 2.24) is 5.32 Å². The Morgan fingerprint density at radius 3 is 2.72 bits per heavy atom. The number of para-hydroxylation sites is 1. The van der Waals surface area contributed by atoms with Crippen molar-refractivity contribution >= 4 is 27.3 Å². The quantitative estimate of drug-likeness (QED) is 0.500. The van der Waals surface area contributed by atoms with Crippen LogP contribution in [0.3, 0.4) is 0 Å². The van der Waals surface area contributed by atoms with Crippen molar-refractivity contribution in [2.45, 2.75) is 24.7 Å². The van der Waals surface area contributed by atoms with E-state index in [4.69, 9.17) is 4.74 Å². The number of carbonyl (C=O) groups excluding carboxylic acids is 1. The Morgan fingerprint density at radius 2 is 2.00 bits per heavy atom. The molecule has 2 aromatic rings. The largest absolute Gasteiger partial charge is 0.376 e. The van der Waals surface area contributed by atoms with E-state index in [0.717, 1.165) is 12.8 Å². The Balaban J connectivity index is 1.71. The van der Waals surface area contributed by atoms with Gasteiger partial charge in [0, 0.05) is 25.3 Å². The Kier molecular flexibility index (Phi) is 6.45. The number of anilines is 1. The summed E-state index contributed by atoms with van der Waals surface area (Å²) in [6.45, 7) is 1.03. The molecule has 29 heavy (non-hydrogen) atoms. The number of rotatable bonds is 8. The van der Waals surface area contributed by atoms with E-state index in [0.29, 0.717) is 13.2 Å². The number of nitro groups is 1. The van der Waals surface area contributed by atoms with Gasteiger partial charge in [-0.2, -0.15) is 0 Å². The van der Waals surface area contributed by atoms with Gasteiger partial charge in [0.2, 0.25) is 10.0 Å². The van der Waals surface area contributed by atoms with E-state index in [1.165, 1.54) is 36.4 Å². The molecule has 1 atom stereocenters. The number of hydrogen-bond acceptors (Lipinski definition) is 6. The average Bonchev–Trinajstić information content (AvgIpc) is 3.19. The molecule has 1 amide bonds.